The molecular formula is C16H11ClO2S. The van der Waals surface area contributed by atoms with Crippen molar-refractivity contribution in [3.63, 3.8) is 0 Å². The highest BCUT2D eigenvalue weighted by atomic mass is 35.5. The van der Waals surface area contributed by atoms with Crippen LogP contribution in [0.4, 0.5) is 0 Å². The van der Waals surface area contributed by atoms with Gasteiger partial charge < -0.3 is 4.74 Å². The SMILES string of the molecule is CCCOc1ccc(Cl)c2c(=O)c3c(sc12)C=C=C=C3. The second-order valence-electron chi connectivity index (χ2n) is 4.38. The first-order chi connectivity index (χ1) is 9.72. The molecule has 0 fully saturated rings. The van der Waals surface area contributed by atoms with Crippen LogP contribution in [-0.2, 0) is 0 Å². The Kier molecular flexibility index (Phi) is 3.52. The van der Waals surface area contributed by atoms with Crippen LogP contribution in [-0.4, -0.2) is 6.61 Å². The van der Waals surface area contributed by atoms with Gasteiger partial charge in [0.25, 0.3) is 0 Å². The molecule has 1 aromatic heterocycles. The molecule has 1 aliphatic rings. The average molecular weight is 303 g/mol. The molecule has 0 spiro atoms. The van der Waals surface area contributed by atoms with Crippen LogP contribution < -0.4 is 10.2 Å². The molecule has 20 heavy (non-hydrogen) atoms. The summed E-state index contributed by atoms with van der Waals surface area (Å²) >= 11 is 7.70. The molecule has 0 unspecified atom stereocenters. The summed E-state index contributed by atoms with van der Waals surface area (Å²) in [4.78, 5) is 13.4. The lowest BCUT2D eigenvalue weighted by molar-refractivity contribution is 0.321. The van der Waals surface area contributed by atoms with E-state index < -0.39 is 0 Å². The number of benzene rings is 1. The minimum absolute atomic E-state index is 0.0778. The first kappa shape index (κ1) is 13.2. The number of fused-ring (bicyclic) bond motifs is 2. The standard InChI is InChI=1S/C16H11ClO2S/c1-2-9-19-12-8-7-11(17)14-15(18)10-5-3-4-6-13(10)20-16(12)14/h5-8H,2,9H2,1H3. The van der Waals surface area contributed by atoms with Crippen molar-refractivity contribution in [3.8, 4) is 5.75 Å². The second-order valence-corrected chi connectivity index (χ2v) is 5.84. The smallest absolute Gasteiger partial charge is 0.198 e. The van der Waals surface area contributed by atoms with Gasteiger partial charge in [-0.15, -0.1) is 11.3 Å². The monoisotopic (exact) mass is 302 g/mol. The predicted octanol–water partition coefficient (Wildman–Crippen LogP) is 4.50. The zero-order chi connectivity index (χ0) is 14.1. The van der Waals surface area contributed by atoms with E-state index in [1.165, 1.54) is 11.3 Å². The predicted molar refractivity (Wildman–Crippen MR) is 84.8 cm³/mol. The lowest BCUT2D eigenvalue weighted by Crippen LogP contribution is -2.08. The number of ether oxygens (including phenoxy) is 1. The normalized spacial score (nSPS) is 11.9. The minimum Gasteiger partial charge on any atom is -0.492 e. The highest BCUT2D eigenvalue weighted by Gasteiger charge is 2.16. The fourth-order valence-electron chi connectivity index (χ4n) is 2.05. The summed E-state index contributed by atoms with van der Waals surface area (Å²) in [6.07, 6.45) is 4.34. The van der Waals surface area contributed by atoms with Crippen molar-refractivity contribution in [1.29, 1.82) is 0 Å². The Bertz CT molecular complexity index is 851. The number of rotatable bonds is 3. The Labute approximate surface area is 125 Å². The zero-order valence-corrected chi connectivity index (χ0v) is 12.4. The van der Waals surface area contributed by atoms with Gasteiger partial charge in [-0.1, -0.05) is 30.0 Å². The van der Waals surface area contributed by atoms with Crippen molar-refractivity contribution in [2.24, 2.45) is 0 Å². The summed E-state index contributed by atoms with van der Waals surface area (Å²) in [5.74, 6) is 0.711. The van der Waals surface area contributed by atoms with Crippen molar-refractivity contribution in [2.45, 2.75) is 13.3 Å². The summed E-state index contributed by atoms with van der Waals surface area (Å²) in [6.45, 7) is 2.66. The third kappa shape index (κ3) is 2.11. The van der Waals surface area contributed by atoms with E-state index in [9.17, 15) is 4.79 Å². The quantitative estimate of drug-likeness (QED) is 0.666. The van der Waals surface area contributed by atoms with Crippen LogP contribution in [0, 0.1) is 0 Å². The fraction of sp³-hybridized carbons (Fsp3) is 0.188. The topological polar surface area (TPSA) is 26.3 Å². The summed E-state index contributed by atoms with van der Waals surface area (Å²) in [5.41, 5.74) is 6.24. The molecule has 0 aliphatic heterocycles. The Morgan fingerprint density at radius 1 is 1.30 bits per heavy atom. The number of halogens is 1. The molecule has 0 bridgehead atoms. The first-order valence-electron chi connectivity index (χ1n) is 6.32. The molecule has 100 valence electrons. The Balaban J connectivity index is 2.35. The molecule has 1 heterocycles. The van der Waals surface area contributed by atoms with Gasteiger partial charge >= 0.3 is 0 Å². The van der Waals surface area contributed by atoms with Gasteiger partial charge in [-0.3, -0.25) is 4.79 Å². The van der Waals surface area contributed by atoms with E-state index in [1.807, 2.05) is 13.0 Å². The Morgan fingerprint density at radius 3 is 2.90 bits per heavy atom. The van der Waals surface area contributed by atoms with Crippen molar-refractivity contribution in [3.05, 3.63) is 49.3 Å². The van der Waals surface area contributed by atoms with Gasteiger partial charge in [-0.05, 0) is 18.6 Å². The molecule has 0 atom stereocenters. The van der Waals surface area contributed by atoms with Crippen LogP contribution >= 0.6 is 22.9 Å². The molecule has 0 radical (unpaired) electrons. The van der Waals surface area contributed by atoms with Crippen LogP contribution in [0.1, 0.15) is 23.8 Å². The van der Waals surface area contributed by atoms with E-state index in [-0.39, 0.29) is 5.43 Å². The van der Waals surface area contributed by atoms with Crippen LogP contribution in [0.5, 0.6) is 5.75 Å². The molecule has 2 aromatic rings. The molecule has 3 rings (SSSR count). The van der Waals surface area contributed by atoms with Crippen molar-refractivity contribution in [2.75, 3.05) is 6.61 Å². The molecule has 0 N–H and O–H groups in total. The zero-order valence-electron chi connectivity index (χ0n) is 10.8. The van der Waals surface area contributed by atoms with Crippen LogP contribution in [0.2, 0.25) is 5.02 Å². The number of hydrogen-bond donors (Lipinski definition) is 0. The third-order valence-electron chi connectivity index (χ3n) is 2.98. The summed E-state index contributed by atoms with van der Waals surface area (Å²) < 4.78 is 6.52. The highest BCUT2D eigenvalue weighted by molar-refractivity contribution is 7.19. The fourth-order valence-corrected chi connectivity index (χ4v) is 3.49. The maximum absolute atomic E-state index is 12.6. The highest BCUT2D eigenvalue weighted by Crippen LogP contribution is 2.36. The van der Waals surface area contributed by atoms with Gasteiger partial charge in [0, 0.05) is 22.6 Å². The molecule has 4 heteroatoms. The van der Waals surface area contributed by atoms with Crippen molar-refractivity contribution < 1.29 is 4.74 Å². The van der Waals surface area contributed by atoms with E-state index >= 15 is 0 Å². The molecule has 0 saturated carbocycles. The van der Waals surface area contributed by atoms with Crippen molar-refractivity contribution >= 4 is 45.2 Å². The van der Waals surface area contributed by atoms with Crippen LogP contribution in [0.15, 0.2) is 28.4 Å². The summed E-state index contributed by atoms with van der Waals surface area (Å²) in [7, 11) is 0. The van der Waals surface area contributed by atoms with Gasteiger partial charge in [0.1, 0.15) is 5.75 Å². The molecule has 1 aromatic carbocycles. The number of hydrogen-bond acceptors (Lipinski definition) is 3. The second kappa shape index (κ2) is 5.32. The maximum Gasteiger partial charge on any atom is 0.198 e. The molecule has 0 saturated heterocycles. The molecule has 0 amide bonds. The van der Waals surface area contributed by atoms with Gasteiger partial charge in [0.15, 0.2) is 5.43 Å². The Hall–Kier alpha value is -1.76. The van der Waals surface area contributed by atoms with E-state index in [4.69, 9.17) is 16.3 Å². The van der Waals surface area contributed by atoms with Gasteiger partial charge in [-0.25, -0.2) is 0 Å². The summed E-state index contributed by atoms with van der Waals surface area (Å²) in [6, 6.07) is 3.54. The van der Waals surface area contributed by atoms with E-state index in [2.05, 4.69) is 11.5 Å². The van der Waals surface area contributed by atoms with Gasteiger partial charge in [-0.2, -0.15) is 0 Å². The maximum atomic E-state index is 12.6. The lowest BCUT2D eigenvalue weighted by atomic mass is 10.1. The first-order valence-corrected chi connectivity index (χ1v) is 7.51. The van der Waals surface area contributed by atoms with Crippen molar-refractivity contribution in [1.82, 2.24) is 0 Å². The average Bonchev–Trinajstić information content (AvgIpc) is 2.47. The third-order valence-corrected chi connectivity index (χ3v) is 4.47. The van der Waals surface area contributed by atoms with E-state index in [1.54, 1.807) is 18.2 Å². The molecule has 2 nitrogen and oxygen atoms in total. The largest absolute Gasteiger partial charge is 0.492 e. The summed E-state index contributed by atoms with van der Waals surface area (Å²) in [5, 5.41) is 0.984. The van der Waals surface area contributed by atoms with Crippen LogP contribution in [0.25, 0.3) is 22.2 Å². The molecular weight excluding hydrogens is 292 g/mol. The van der Waals surface area contributed by atoms with E-state index in [0.29, 0.717) is 28.3 Å². The van der Waals surface area contributed by atoms with E-state index in [0.717, 1.165) is 16.0 Å². The Morgan fingerprint density at radius 2 is 2.10 bits per heavy atom. The minimum atomic E-state index is -0.0778. The van der Waals surface area contributed by atoms with Gasteiger partial charge in [0.2, 0.25) is 0 Å². The van der Waals surface area contributed by atoms with Gasteiger partial charge in [0.05, 0.1) is 21.7 Å². The van der Waals surface area contributed by atoms with Crippen LogP contribution in [0.3, 0.4) is 0 Å². The molecule has 1 aliphatic carbocycles. The lowest BCUT2D eigenvalue weighted by Gasteiger charge is -2.11.